The van der Waals surface area contributed by atoms with Crippen molar-refractivity contribution in [3.63, 3.8) is 0 Å². The standard InChI is InChI=1S/C17H29N/c1-13(2)14-7-9-15(10-8-14)16(18-6)11-12-17(3,4)5/h7-10,13,16,18H,11-12H2,1-6H3. The molecule has 1 aromatic rings. The monoisotopic (exact) mass is 247 g/mol. The van der Waals surface area contributed by atoms with E-state index in [0.29, 0.717) is 17.4 Å². The smallest absolute Gasteiger partial charge is 0.0317 e. The lowest BCUT2D eigenvalue weighted by molar-refractivity contribution is 0.338. The van der Waals surface area contributed by atoms with Gasteiger partial charge in [0.2, 0.25) is 0 Å². The Morgan fingerprint density at radius 2 is 1.50 bits per heavy atom. The van der Waals surface area contributed by atoms with Crippen molar-refractivity contribution in [2.45, 2.75) is 59.4 Å². The Bertz CT molecular complexity index is 343. The van der Waals surface area contributed by atoms with E-state index in [2.05, 4.69) is 71.2 Å². The minimum atomic E-state index is 0.410. The predicted molar refractivity (Wildman–Crippen MR) is 81.0 cm³/mol. The molecule has 0 bridgehead atoms. The van der Waals surface area contributed by atoms with Crippen molar-refractivity contribution in [3.8, 4) is 0 Å². The van der Waals surface area contributed by atoms with Crippen LogP contribution in [0.25, 0.3) is 0 Å². The highest BCUT2D eigenvalue weighted by molar-refractivity contribution is 5.26. The second-order valence-electron chi connectivity index (χ2n) is 6.76. The fraction of sp³-hybridized carbons (Fsp3) is 0.647. The van der Waals surface area contributed by atoms with Gasteiger partial charge in [-0.3, -0.25) is 0 Å². The van der Waals surface area contributed by atoms with E-state index in [1.54, 1.807) is 0 Å². The summed E-state index contributed by atoms with van der Waals surface area (Å²) < 4.78 is 0. The highest BCUT2D eigenvalue weighted by Gasteiger charge is 2.15. The fourth-order valence-electron chi connectivity index (χ4n) is 2.17. The normalized spacial score (nSPS) is 13.9. The predicted octanol–water partition coefficient (Wildman–Crippen LogP) is 4.90. The maximum Gasteiger partial charge on any atom is 0.0317 e. The van der Waals surface area contributed by atoms with Gasteiger partial charge in [0.1, 0.15) is 0 Å². The summed E-state index contributed by atoms with van der Waals surface area (Å²) in [7, 11) is 2.06. The molecule has 0 saturated carbocycles. The van der Waals surface area contributed by atoms with Crippen molar-refractivity contribution in [2.24, 2.45) is 5.41 Å². The third-order valence-electron chi connectivity index (χ3n) is 3.54. The number of nitrogens with one attached hydrogen (secondary N) is 1. The van der Waals surface area contributed by atoms with Crippen LogP contribution in [0.4, 0.5) is 0 Å². The lowest BCUT2D eigenvalue weighted by Gasteiger charge is -2.23. The molecule has 18 heavy (non-hydrogen) atoms. The molecule has 0 spiro atoms. The van der Waals surface area contributed by atoms with Crippen LogP contribution in [0.1, 0.15) is 70.5 Å². The molecule has 1 atom stereocenters. The van der Waals surface area contributed by atoms with E-state index in [4.69, 9.17) is 0 Å². The van der Waals surface area contributed by atoms with Crippen LogP contribution in [0.3, 0.4) is 0 Å². The summed E-state index contributed by atoms with van der Waals surface area (Å²) in [4.78, 5) is 0. The zero-order chi connectivity index (χ0) is 13.8. The fourth-order valence-corrected chi connectivity index (χ4v) is 2.17. The molecule has 1 nitrogen and oxygen atoms in total. The molecule has 0 radical (unpaired) electrons. The molecule has 0 heterocycles. The molecule has 0 aliphatic rings. The minimum absolute atomic E-state index is 0.410. The van der Waals surface area contributed by atoms with Gasteiger partial charge in [-0.05, 0) is 42.3 Å². The second kappa shape index (κ2) is 6.38. The zero-order valence-corrected chi connectivity index (χ0v) is 12.9. The number of benzene rings is 1. The average molecular weight is 247 g/mol. The number of rotatable bonds is 5. The summed E-state index contributed by atoms with van der Waals surface area (Å²) in [6, 6.07) is 9.56. The summed E-state index contributed by atoms with van der Waals surface area (Å²) in [6.45, 7) is 11.4. The first-order chi connectivity index (χ1) is 8.33. The van der Waals surface area contributed by atoms with Gasteiger partial charge in [-0.2, -0.15) is 0 Å². The van der Waals surface area contributed by atoms with E-state index in [9.17, 15) is 0 Å². The lowest BCUT2D eigenvalue weighted by atomic mass is 9.87. The van der Waals surface area contributed by atoms with Gasteiger partial charge in [0.15, 0.2) is 0 Å². The van der Waals surface area contributed by atoms with Crippen molar-refractivity contribution >= 4 is 0 Å². The maximum absolute atomic E-state index is 3.44. The van der Waals surface area contributed by atoms with Gasteiger partial charge in [0.05, 0.1) is 0 Å². The Hall–Kier alpha value is -0.820. The maximum atomic E-state index is 3.44. The van der Waals surface area contributed by atoms with Crippen LogP contribution in [0, 0.1) is 5.41 Å². The Morgan fingerprint density at radius 1 is 1.00 bits per heavy atom. The first kappa shape index (κ1) is 15.2. The van der Waals surface area contributed by atoms with Gasteiger partial charge in [-0.15, -0.1) is 0 Å². The molecule has 0 aliphatic heterocycles. The van der Waals surface area contributed by atoms with Crippen LogP contribution in [-0.2, 0) is 0 Å². The van der Waals surface area contributed by atoms with Crippen LogP contribution in [0.5, 0.6) is 0 Å². The molecule has 1 unspecified atom stereocenters. The summed E-state index contributed by atoms with van der Waals surface area (Å²) >= 11 is 0. The highest BCUT2D eigenvalue weighted by Crippen LogP contribution is 2.27. The quantitative estimate of drug-likeness (QED) is 0.780. The van der Waals surface area contributed by atoms with Crippen LogP contribution >= 0.6 is 0 Å². The summed E-state index contributed by atoms with van der Waals surface area (Å²) in [5, 5.41) is 3.44. The molecule has 1 aromatic carbocycles. The van der Waals surface area contributed by atoms with Gasteiger partial charge in [0, 0.05) is 6.04 Å². The molecule has 1 heteroatoms. The third kappa shape index (κ3) is 4.81. The third-order valence-corrected chi connectivity index (χ3v) is 3.54. The molecule has 0 saturated heterocycles. The average Bonchev–Trinajstić information content (AvgIpc) is 2.29. The van der Waals surface area contributed by atoms with E-state index in [1.165, 1.54) is 24.0 Å². The van der Waals surface area contributed by atoms with Gasteiger partial charge >= 0.3 is 0 Å². The van der Waals surface area contributed by atoms with Crippen LogP contribution < -0.4 is 5.32 Å². The van der Waals surface area contributed by atoms with Crippen molar-refractivity contribution in [2.75, 3.05) is 7.05 Å². The van der Waals surface area contributed by atoms with Crippen molar-refractivity contribution in [1.82, 2.24) is 5.32 Å². The van der Waals surface area contributed by atoms with E-state index >= 15 is 0 Å². The number of hydrogen-bond donors (Lipinski definition) is 1. The first-order valence-corrected chi connectivity index (χ1v) is 7.10. The topological polar surface area (TPSA) is 12.0 Å². The highest BCUT2D eigenvalue weighted by atomic mass is 14.9. The Labute approximate surface area is 113 Å². The first-order valence-electron chi connectivity index (χ1n) is 7.10. The number of hydrogen-bond acceptors (Lipinski definition) is 1. The molecule has 1 rings (SSSR count). The van der Waals surface area contributed by atoms with E-state index in [0.717, 1.165) is 0 Å². The van der Waals surface area contributed by atoms with Crippen molar-refractivity contribution < 1.29 is 0 Å². The Morgan fingerprint density at radius 3 is 1.89 bits per heavy atom. The van der Waals surface area contributed by atoms with Crippen LogP contribution in [0.15, 0.2) is 24.3 Å². The van der Waals surface area contributed by atoms with E-state index in [-0.39, 0.29) is 0 Å². The summed E-state index contributed by atoms with van der Waals surface area (Å²) in [5.41, 5.74) is 3.24. The van der Waals surface area contributed by atoms with Crippen molar-refractivity contribution in [3.05, 3.63) is 35.4 Å². The molecule has 1 N–H and O–H groups in total. The summed E-state index contributed by atoms with van der Waals surface area (Å²) in [5.74, 6) is 0.613. The van der Waals surface area contributed by atoms with Gasteiger partial charge in [-0.1, -0.05) is 58.9 Å². The van der Waals surface area contributed by atoms with Gasteiger partial charge in [-0.25, -0.2) is 0 Å². The molecule has 102 valence electrons. The second-order valence-corrected chi connectivity index (χ2v) is 6.76. The van der Waals surface area contributed by atoms with Gasteiger partial charge < -0.3 is 5.32 Å². The van der Waals surface area contributed by atoms with E-state index < -0.39 is 0 Å². The Kier molecular flexibility index (Phi) is 5.40. The minimum Gasteiger partial charge on any atom is -0.313 e. The molecule has 0 fully saturated rings. The van der Waals surface area contributed by atoms with Crippen molar-refractivity contribution in [1.29, 1.82) is 0 Å². The molecule has 0 aliphatic carbocycles. The Balaban J connectivity index is 2.70. The molecular weight excluding hydrogens is 218 g/mol. The molecular formula is C17H29N. The molecule has 0 aromatic heterocycles. The molecule has 0 amide bonds. The van der Waals surface area contributed by atoms with Crippen LogP contribution in [0.2, 0.25) is 0 Å². The SMILES string of the molecule is CNC(CCC(C)(C)C)c1ccc(C(C)C)cc1. The summed E-state index contributed by atoms with van der Waals surface area (Å²) in [6.07, 6.45) is 2.44. The van der Waals surface area contributed by atoms with E-state index in [1.807, 2.05) is 0 Å². The largest absolute Gasteiger partial charge is 0.313 e. The lowest BCUT2D eigenvalue weighted by Crippen LogP contribution is -2.19. The van der Waals surface area contributed by atoms with Crippen LogP contribution in [-0.4, -0.2) is 7.05 Å². The zero-order valence-electron chi connectivity index (χ0n) is 12.9. The van der Waals surface area contributed by atoms with Gasteiger partial charge in [0.25, 0.3) is 0 Å².